The molecule has 0 saturated carbocycles. The summed E-state index contributed by atoms with van der Waals surface area (Å²) in [6, 6.07) is 1.52. The number of aryl methyl sites for hydroxylation is 1. The summed E-state index contributed by atoms with van der Waals surface area (Å²) >= 11 is 0. The summed E-state index contributed by atoms with van der Waals surface area (Å²) in [5.41, 5.74) is 0.708. The SMILES string of the molecule is COC1=CC(=O)c2c(C)cc(OC)c(O)c2C1=O. The van der Waals surface area contributed by atoms with Crippen molar-refractivity contribution >= 4 is 11.6 Å². The van der Waals surface area contributed by atoms with E-state index in [0.717, 1.165) is 6.08 Å². The highest BCUT2D eigenvalue weighted by atomic mass is 16.5. The molecule has 0 bridgehead atoms. The van der Waals surface area contributed by atoms with E-state index < -0.39 is 5.78 Å². The second kappa shape index (κ2) is 4.18. The molecule has 0 unspecified atom stereocenters. The highest BCUT2D eigenvalue weighted by Gasteiger charge is 2.32. The van der Waals surface area contributed by atoms with Crippen molar-refractivity contribution < 1.29 is 24.2 Å². The Labute approximate surface area is 104 Å². The van der Waals surface area contributed by atoms with Crippen molar-refractivity contribution in [2.45, 2.75) is 6.92 Å². The van der Waals surface area contributed by atoms with Crippen LogP contribution >= 0.6 is 0 Å². The number of phenolic OH excluding ortho intramolecular Hbond substituents is 1. The zero-order valence-corrected chi connectivity index (χ0v) is 10.2. The van der Waals surface area contributed by atoms with Gasteiger partial charge in [0.1, 0.15) is 0 Å². The van der Waals surface area contributed by atoms with E-state index in [9.17, 15) is 14.7 Å². The van der Waals surface area contributed by atoms with Crippen LogP contribution in [0.15, 0.2) is 17.9 Å². The van der Waals surface area contributed by atoms with Crippen molar-refractivity contribution in [1.29, 1.82) is 0 Å². The van der Waals surface area contributed by atoms with E-state index in [1.54, 1.807) is 6.92 Å². The highest BCUT2D eigenvalue weighted by molar-refractivity contribution is 6.25. The number of benzene rings is 1. The molecule has 18 heavy (non-hydrogen) atoms. The predicted molar refractivity (Wildman–Crippen MR) is 63.1 cm³/mol. The number of methoxy groups -OCH3 is 2. The van der Waals surface area contributed by atoms with Crippen LogP contribution < -0.4 is 4.74 Å². The van der Waals surface area contributed by atoms with Gasteiger partial charge < -0.3 is 14.6 Å². The molecule has 0 saturated heterocycles. The van der Waals surface area contributed by atoms with Crippen LogP contribution in [0.2, 0.25) is 0 Å². The first-order valence-electron chi connectivity index (χ1n) is 5.26. The largest absolute Gasteiger partial charge is 0.504 e. The minimum atomic E-state index is -0.522. The lowest BCUT2D eigenvalue weighted by atomic mass is 9.89. The molecule has 2 rings (SSSR count). The number of hydrogen-bond donors (Lipinski definition) is 1. The Morgan fingerprint density at radius 3 is 2.33 bits per heavy atom. The van der Waals surface area contributed by atoms with Crippen LogP contribution in [0.3, 0.4) is 0 Å². The Kier molecular flexibility index (Phi) is 2.82. The molecule has 0 amide bonds. The highest BCUT2D eigenvalue weighted by Crippen LogP contribution is 2.38. The molecule has 1 N–H and O–H groups in total. The van der Waals surface area contributed by atoms with Gasteiger partial charge in [-0.15, -0.1) is 0 Å². The van der Waals surface area contributed by atoms with Gasteiger partial charge in [0, 0.05) is 11.6 Å². The van der Waals surface area contributed by atoms with Crippen molar-refractivity contribution in [1.82, 2.24) is 0 Å². The van der Waals surface area contributed by atoms with Crippen molar-refractivity contribution in [3.05, 3.63) is 34.6 Å². The number of carbonyl (C=O) groups excluding carboxylic acids is 2. The maximum atomic E-state index is 12.1. The smallest absolute Gasteiger partial charge is 0.232 e. The molecule has 0 radical (unpaired) electrons. The molecule has 5 heteroatoms. The number of aromatic hydroxyl groups is 1. The summed E-state index contributed by atoms with van der Waals surface area (Å²) < 4.78 is 9.81. The first-order chi connectivity index (χ1) is 8.51. The second-order valence-corrected chi connectivity index (χ2v) is 3.90. The monoisotopic (exact) mass is 248 g/mol. The maximum absolute atomic E-state index is 12.1. The number of rotatable bonds is 2. The van der Waals surface area contributed by atoms with Gasteiger partial charge in [-0.1, -0.05) is 0 Å². The van der Waals surface area contributed by atoms with E-state index >= 15 is 0 Å². The van der Waals surface area contributed by atoms with Gasteiger partial charge in [0.25, 0.3) is 0 Å². The van der Waals surface area contributed by atoms with Gasteiger partial charge >= 0.3 is 0 Å². The summed E-state index contributed by atoms with van der Waals surface area (Å²) in [4.78, 5) is 24.0. The normalized spacial score (nSPS) is 14.1. The predicted octanol–water partition coefficient (Wildman–Crippen LogP) is 1.62. The fourth-order valence-electron chi connectivity index (χ4n) is 2.00. The molecule has 1 aromatic rings. The number of allylic oxidation sites excluding steroid dienone is 2. The molecule has 0 atom stereocenters. The Morgan fingerprint density at radius 2 is 1.78 bits per heavy atom. The van der Waals surface area contributed by atoms with Crippen molar-refractivity contribution in [2.24, 2.45) is 0 Å². The third-order valence-corrected chi connectivity index (χ3v) is 2.86. The Balaban J connectivity index is 2.78. The van der Waals surface area contributed by atoms with Gasteiger partial charge in [-0.3, -0.25) is 9.59 Å². The zero-order valence-electron chi connectivity index (χ0n) is 10.2. The van der Waals surface area contributed by atoms with Crippen LogP contribution in [0.25, 0.3) is 0 Å². The number of Topliss-reactive ketones (excluding diaryl/α,β-unsaturated/α-hetero) is 1. The average molecular weight is 248 g/mol. The third-order valence-electron chi connectivity index (χ3n) is 2.86. The number of fused-ring (bicyclic) bond motifs is 1. The van der Waals surface area contributed by atoms with E-state index in [2.05, 4.69) is 0 Å². The van der Waals surface area contributed by atoms with Crippen molar-refractivity contribution in [2.75, 3.05) is 14.2 Å². The molecule has 1 aliphatic rings. The summed E-state index contributed by atoms with van der Waals surface area (Å²) in [6.45, 7) is 1.68. The van der Waals surface area contributed by atoms with Gasteiger partial charge in [0.2, 0.25) is 5.78 Å². The lowest BCUT2D eigenvalue weighted by Crippen LogP contribution is -2.19. The molecular formula is C13H12O5. The molecule has 5 nitrogen and oxygen atoms in total. The molecule has 0 heterocycles. The van der Waals surface area contributed by atoms with E-state index in [4.69, 9.17) is 9.47 Å². The first kappa shape index (κ1) is 12.2. The Hall–Kier alpha value is -2.30. The van der Waals surface area contributed by atoms with Gasteiger partial charge in [-0.05, 0) is 18.6 Å². The molecule has 0 fully saturated rings. The Bertz CT molecular complexity index is 584. The molecule has 94 valence electrons. The Morgan fingerprint density at radius 1 is 1.11 bits per heavy atom. The third kappa shape index (κ3) is 1.55. The van der Waals surface area contributed by atoms with Crippen LogP contribution in [0.5, 0.6) is 11.5 Å². The number of carbonyl (C=O) groups is 2. The lowest BCUT2D eigenvalue weighted by Gasteiger charge is -2.18. The van der Waals surface area contributed by atoms with Gasteiger partial charge in [-0.25, -0.2) is 0 Å². The quantitative estimate of drug-likeness (QED) is 0.860. The van der Waals surface area contributed by atoms with E-state index in [-0.39, 0.29) is 34.2 Å². The zero-order chi connectivity index (χ0) is 13.4. The van der Waals surface area contributed by atoms with Crippen LogP contribution in [0.1, 0.15) is 26.3 Å². The maximum Gasteiger partial charge on any atom is 0.232 e. The lowest BCUT2D eigenvalue weighted by molar-refractivity contribution is 0.0912. The standard InChI is InChI=1S/C13H12O5/c1-6-4-8(17-2)12(15)11-10(6)7(14)5-9(18-3)13(11)16/h4-5,15H,1-3H3. The molecule has 1 aromatic carbocycles. The van der Waals surface area contributed by atoms with Gasteiger partial charge in [-0.2, -0.15) is 0 Å². The molecule has 0 spiro atoms. The van der Waals surface area contributed by atoms with Crippen molar-refractivity contribution in [3.8, 4) is 11.5 Å². The van der Waals surface area contributed by atoms with Crippen LogP contribution in [-0.2, 0) is 4.74 Å². The number of ether oxygens (including phenoxy) is 2. The van der Waals surface area contributed by atoms with E-state index in [1.807, 2.05) is 0 Å². The molecule has 0 aliphatic heterocycles. The molecule has 1 aliphatic carbocycles. The van der Waals surface area contributed by atoms with E-state index in [1.165, 1.54) is 20.3 Å². The summed E-state index contributed by atoms with van der Waals surface area (Å²) in [5, 5.41) is 9.98. The summed E-state index contributed by atoms with van der Waals surface area (Å²) in [5.74, 6) is -1.15. The molecular weight excluding hydrogens is 236 g/mol. The van der Waals surface area contributed by atoms with Crippen molar-refractivity contribution in [3.63, 3.8) is 0 Å². The van der Waals surface area contributed by atoms with Crippen LogP contribution in [0, 0.1) is 6.92 Å². The fourth-order valence-corrected chi connectivity index (χ4v) is 2.00. The van der Waals surface area contributed by atoms with Crippen LogP contribution in [0.4, 0.5) is 0 Å². The average Bonchev–Trinajstić information content (AvgIpc) is 2.35. The number of hydrogen-bond acceptors (Lipinski definition) is 5. The van der Waals surface area contributed by atoms with Gasteiger partial charge in [0.05, 0.1) is 19.8 Å². The second-order valence-electron chi connectivity index (χ2n) is 3.90. The summed E-state index contributed by atoms with van der Waals surface area (Å²) in [7, 11) is 2.68. The molecule has 0 aromatic heterocycles. The number of phenols is 1. The van der Waals surface area contributed by atoms with Crippen LogP contribution in [-0.4, -0.2) is 30.9 Å². The minimum absolute atomic E-state index is 0.0591. The number of ketones is 2. The fraction of sp³-hybridized carbons (Fsp3) is 0.231. The van der Waals surface area contributed by atoms with Gasteiger partial charge in [0.15, 0.2) is 23.0 Å². The topological polar surface area (TPSA) is 72.8 Å². The summed E-state index contributed by atoms with van der Waals surface area (Å²) in [6.07, 6.45) is 1.13. The minimum Gasteiger partial charge on any atom is -0.504 e. The first-order valence-corrected chi connectivity index (χ1v) is 5.26. The van der Waals surface area contributed by atoms with E-state index in [0.29, 0.717) is 5.56 Å².